The van der Waals surface area contributed by atoms with Crippen LogP contribution in [-0.2, 0) is 16.2 Å². The second-order valence-electron chi connectivity index (χ2n) is 10.5. The van der Waals surface area contributed by atoms with Crippen molar-refractivity contribution in [3.05, 3.63) is 34.5 Å². The van der Waals surface area contributed by atoms with E-state index < -0.39 is 10.5 Å². The molecule has 0 radical (unpaired) electrons. The third kappa shape index (κ3) is 6.27. The molecule has 2 fully saturated rings. The van der Waals surface area contributed by atoms with Gasteiger partial charge in [0.05, 0.1) is 29.2 Å². The van der Waals surface area contributed by atoms with Crippen LogP contribution < -0.4 is 5.32 Å². The van der Waals surface area contributed by atoms with E-state index in [9.17, 15) is 19.7 Å². The van der Waals surface area contributed by atoms with Crippen molar-refractivity contribution < 1.29 is 19.2 Å². The zero-order chi connectivity index (χ0) is 25.2. The first-order valence-electron chi connectivity index (χ1n) is 12.2. The normalized spacial score (nSPS) is 21.6. The van der Waals surface area contributed by atoms with E-state index in [1.165, 1.54) is 6.07 Å². The molecule has 2 saturated heterocycles. The zero-order valence-electron chi connectivity index (χ0n) is 20.6. The predicted molar refractivity (Wildman–Crippen MR) is 130 cm³/mol. The molecule has 11 heteroatoms. The molecular formula is C24H34N6O5. The third-order valence-electron chi connectivity index (χ3n) is 6.47. The van der Waals surface area contributed by atoms with Crippen molar-refractivity contribution in [1.29, 1.82) is 0 Å². The van der Waals surface area contributed by atoms with Gasteiger partial charge >= 0.3 is 6.09 Å². The van der Waals surface area contributed by atoms with E-state index in [0.717, 1.165) is 43.1 Å². The van der Waals surface area contributed by atoms with E-state index in [2.05, 4.69) is 15.3 Å². The van der Waals surface area contributed by atoms with Crippen molar-refractivity contribution in [3.63, 3.8) is 0 Å². The van der Waals surface area contributed by atoms with Gasteiger partial charge in [0.15, 0.2) is 0 Å². The predicted octanol–water partition coefficient (Wildman–Crippen LogP) is 3.13. The van der Waals surface area contributed by atoms with Crippen molar-refractivity contribution in [2.24, 2.45) is 5.92 Å². The number of likely N-dealkylation sites (tertiary alicyclic amines) is 2. The summed E-state index contributed by atoms with van der Waals surface area (Å²) in [7, 11) is 0. The summed E-state index contributed by atoms with van der Waals surface area (Å²) < 4.78 is 7.24. The molecule has 0 bridgehead atoms. The molecule has 0 saturated carbocycles. The van der Waals surface area contributed by atoms with Crippen molar-refractivity contribution in [3.8, 4) is 0 Å². The third-order valence-corrected chi connectivity index (χ3v) is 6.47. The van der Waals surface area contributed by atoms with Crippen molar-refractivity contribution in [2.75, 3.05) is 26.2 Å². The van der Waals surface area contributed by atoms with Gasteiger partial charge in [0, 0.05) is 49.7 Å². The number of piperidine rings is 2. The molecule has 2 atom stereocenters. The molecular weight excluding hydrogens is 452 g/mol. The van der Waals surface area contributed by atoms with Crippen LogP contribution in [0, 0.1) is 16.0 Å². The van der Waals surface area contributed by atoms with Crippen LogP contribution in [0.4, 0.5) is 10.5 Å². The fourth-order valence-corrected chi connectivity index (χ4v) is 4.78. The van der Waals surface area contributed by atoms with E-state index in [-0.39, 0.29) is 29.6 Å². The number of ether oxygens (including phenoxy) is 1. The Balaban J connectivity index is 1.33. The lowest BCUT2D eigenvalue weighted by atomic mass is 9.96. The minimum absolute atomic E-state index is 0.00400. The van der Waals surface area contributed by atoms with Crippen LogP contribution in [0.2, 0.25) is 0 Å². The smallest absolute Gasteiger partial charge is 0.410 e. The molecule has 0 unspecified atom stereocenters. The summed E-state index contributed by atoms with van der Waals surface area (Å²) in [5.74, 6) is -0.271. The monoisotopic (exact) mass is 486 g/mol. The largest absolute Gasteiger partial charge is 0.444 e. The van der Waals surface area contributed by atoms with Gasteiger partial charge in [-0.3, -0.25) is 24.5 Å². The fraction of sp³-hybridized carbons (Fsp3) is 0.625. The summed E-state index contributed by atoms with van der Waals surface area (Å²) in [5.41, 5.74) is 0.189. The molecule has 11 nitrogen and oxygen atoms in total. The topological polar surface area (TPSA) is 123 Å². The Hall–Kier alpha value is -3.21. The zero-order valence-corrected chi connectivity index (χ0v) is 20.6. The molecule has 0 spiro atoms. The number of aromatic nitrogens is 2. The Morgan fingerprint density at radius 2 is 1.97 bits per heavy atom. The van der Waals surface area contributed by atoms with Crippen LogP contribution >= 0.6 is 0 Å². The first-order chi connectivity index (χ1) is 16.6. The lowest BCUT2D eigenvalue weighted by molar-refractivity contribution is -0.384. The number of nitro benzene ring substituents is 1. The molecule has 0 aliphatic carbocycles. The standard InChI is InChI=1S/C24H34N6O5/c1-24(2,3)35-23(32)28-11-4-6-18(14-28)22(31)26-19-7-5-10-27(15-19)16-29-21-12-20(30(33)34)9-8-17(21)13-25-29/h8-9,12-13,18-19H,4-7,10-11,14-16H2,1-3H3,(H,26,31)/t18-,19+/m1/s1. The van der Waals surface area contributed by atoms with E-state index in [4.69, 9.17) is 4.74 Å². The Labute approximate surface area is 204 Å². The number of hydrogen-bond donors (Lipinski definition) is 1. The number of rotatable bonds is 5. The van der Waals surface area contributed by atoms with Gasteiger partial charge < -0.3 is 15.0 Å². The minimum atomic E-state index is -0.567. The molecule has 2 amide bonds. The lowest BCUT2D eigenvalue weighted by Gasteiger charge is -2.36. The fourth-order valence-electron chi connectivity index (χ4n) is 4.78. The summed E-state index contributed by atoms with van der Waals surface area (Å²) in [6.45, 7) is 8.50. The van der Waals surface area contributed by atoms with Crippen LogP contribution in [0.1, 0.15) is 46.5 Å². The SMILES string of the molecule is CC(C)(C)OC(=O)N1CCC[C@@H](C(=O)N[C@H]2CCCN(Cn3ncc4ccc([N+](=O)[O-])cc43)C2)C1. The second-order valence-corrected chi connectivity index (χ2v) is 10.5. The number of carbonyl (C=O) groups excluding carboxylic acids is 2. The molecule has 2 aliphatic heterocycles. The van der Waals surface area contributed by atoms with Gasteiger partial charge in [-0.25, -0.2) is 4.79 Å². The van der Waals surface area contributed by atoms with Gasteiger partial charge in [-0.2, -0.15) is 5.10 Å². The summed E-state index contributed by atoms with van der Waals surface area (Å²) >= 11 is 0. The average molecular weight is 487 g/mol. The Bertz CT molecular complexity index is 1090. The number of hydrogen-bond acceptors (Lipinski definition) is 7. The number of nitro groups is 1. The Kier molecular flexibility index (Phi) is 7.25. The van der Waals surface area contributed by atoms with E-state index >= 15 is 0 Å². The molecule has 190 valence electrons. The highest BCUT2D eigenvalue weighted by atomic mass is 16.6. The second kappa shape index (κ2) is 10.2. The maximum atomic E-state index is 13.0. The van der Waals surface area contributed by atoms with Gasteiger partial charge in [-0.15, -0.1) is 0 Å². The molecule has 4 rings (SSSR count). The highest BCUT2D eigenvalue weighted by Gasteiger charge is 2.32. The summed E-state index contributed by atoms with van der Waals surface area (Å²) in [4.78, 5) is 40.1. The van der Waals surface area contributed by atoms with Gasteiger partial charge in [-0.05, 0) is 52.5 Å². The summed E-state index contributed by atoms with van der Waals surface area (Å²) in [6.07, 6.45) is 4.67. The number of carbonyl (C=O) groups is 2. The molecule has 2 aliphatic rings. The van der Waals surface area contributed by atoms with Crippen molar-refractivity contribution in [1.82, 2.24) is 24.9 Å². The summed E-state index contributed by atoms with van der Waals surface area (Å²) in [5, 5.41) is 19.6. The van der Waals surface area contributed by atoms with Crippen LogP contribution in [0.3, 0.4) is 0 Å². The van der Waals surface area contributed by atoms with Gasteiger partial charge in [0.25, 0.3) is 5.69 Å². The molecule has 1 aromatic carbocycles. The average Bonchev–Trinajstić information content (AvgIpc) is 3.20. The van der Waals surface area contributed by atoms with Crippen LogP contribution in [-0.4, -0.2) is 74.3 Å². The van der Waals surface area contributed by atoms with Crippen LogP contribution in [0.25, 0.3) is 10.9 Å². The minimum Gasteiger partial charge on any atom is -0.444 e. The Morgan fingerprint density at radius 1 is 1.20 bits per heavy atom. The Morgan fingerprint density at radius 3 is 2.71 bits per heavy atom. The van der Waals surface area contributed by atoms with E-state index in [1.54, 1.807) is 27.9 Å². The quantitative estimate of drug-likeness (QED) is 0.509. The highest BCUT2D eigenvalue weighted by molar-refractivity contribution is 5.81. The summed E-state index contributed by atoms with van der Waals surface area (Å²) in [6, 6.07) is 4.74. The van der Waals surface area contributed by atoms with Crippen LogP contribution in [0.5, 0.6) is 0 Å². The van der Waals surface area contributed by atoms with E-state index in [0.29, 0.717) is 26.3 Å². The van der Waals surface area contributed by atoms with Gasteiger partial charge in [0.1, 0.15) is 5.60 Å². The number of fused-ring (bicyclic) bond motifs is 1. The van der Waals surface area contributed by atoms with E-state index in [1.807, 2.05) is 20.8 Å². The number of nitrogens with one attached hydrogen (secondary N) is 1. The molecule has 1 aromatic heterocycles. The lowest BCUT2D eigenvalue weighted by Crippen LogP contribution is -2.52. The number of benzene rings is 1. The van der Waals surface area contributed by atoms with Gasteiger partial charge in [0.2, 0.25) is 5.91 Å². The molecule has 3 heterocycles. The van der Waals surface area contributed by atoms with Gasteiger partial charge in [-0.1, -0.05) is 0 Å². The highest BCUT2D eigenvalue weighted by Crippen LogP contribution is 2.23. The molecule has 2 aromatic rings. The maximum absolute atomic E-state index is 13.0. The molecule has 35 heavy (non-hydrogen) atoms. The maximum Gasteiger partial charge on any atom is 0.410 e. The number of amides is 2. The number of non-ortho nitro benzene ring substituents is 1. The van der Waals surface area contributed by atoms with Crippen molar-refractivity contribution >= 4 is 28.6 Å². The molecule has 1 N–H and O–H groups in total. The number of nitrogens with zero attached hydrogens (tertiary/aromatic N) is 5. The first kappa shape index (κ1) is 24.9. The van der Waals surface area contributed by atoms with Crippen LogP contribution in [0.15, 0.2) is 24.4 Å². The first-order valence-corrected chi connectivity index (χ1v) is 12.2. The van der Waals surface area contributed by atoms with Crippen molar-refractivity contribution in [2.45, 2.75) is 64.8 Å².